The van der Waals surface area contributed by atoms with Crippen LogP contribution in [0.3, 0.4) is 0 Å². The Kier molecular flexibility index (Phi) is 2.92. The van der Waals surface area contributed by atoms with E-state index in [-0.39, 0.29) is 0 Å². The molecule has 1 heterocycles. The molecule has 2 nitrogen and oxygen atoms in total. The van der Waals surface area contributed by atoms with E-state index >= 15 is 0 Å². The Morgan fingerprint density at radius 3 is 2.93 bits per heavy atom. The first-order valence-electron chi connectivity index (χ1n) is 5.08. The van der Waals surface area contributed by atoms with Crippen molar-refractivity contribution in [2.24, 2.45) is 5.92 Å². The van der Waals surface area contributed by atoms with E-state index in [9.17, 15) is 0 Å². The molecule has 76 valence electrons. The molecule has 0 N–H and O–H groups in total. The fourth-order valence-corrected chi connectivity index (χ4v) is 1.97. The Morgan fingerprint density at radius 2 is 2.36 bits per heavy atom. The Morgan fingerprint density at radius 1 is 1.57 bits per heavy atom. The van der Waals surface area contributed by atoms with E-state index in [2.05, 4.69) is 16.9 Å². The van der Waals surface area contributed by atoms with Gasteiger partial charge in [-0.15, -0.1) is 0 Å². The van der Waals surface area contributed by atoms with Gasteiger partial charge < -0.3 is 4.90 Å². The highest BCUT2D eigenvalue weighted by Crippen LogP contribution is 2.28. The summed E-state index contributed by atoms with van der Waals surface area (Å²) in [7, 11) is 2.12. The molecule has 1 fully saturated rings. The zero-order valence-electron chi connectivity index (χ0n) is 8.41. The summed E-state index contributed by atoms with van der Waals surface area (Å²) in [5.74, 6) is 0.881. The number of rotatable bonds is 3. The number of hydrogen-bond donors (Lipinski definition) is 0. The van der Waals surface area contributed by atoms with Crippen molar-refractivity contribution in [2.45, 2.75) is 19.3 Å². The van der Waals surface area contributed by atoms with Crippen LogP contribution in [0.15, 0.2) is 18.3 Å². The molecule has 1 aromatic heterocycles. The van der Waals surface area contributed by atoms with Crippen molar-refractivity contribution < 1.29 is 0 Å². The molecule has 0 spiro atoms. The maximum Gasteiger partial charge on any atom is 0.131 e. The Bertz CT molecular complexity index is 310. The lowest BCUT2D eigenvalue weighted by Gasteiger charge is -2.31. The molecule has 1 saturated carbocycles. The largest absolute Gasteiger partial charge is 0.374 e. The minimum Gasteiger partial charge on any atom is -0.374 e. The molecule has 0 radical (unpaired) electrons. The quantitative estimate of drug-likeness (QED) is 0.714. The molecule has 1 aliphatic carbocycles. The van der Waals surface area contributed by atoms with Crippen LogP contribution in [0.5, 0.6) is 0 Å². The second-order valence-corrected chi connectivity index (χ2v) is 4.40. The van der Waals surface area contributed by atoms with Gasteiger partial charge in [-0.3, -0.25) is 0 Å². The average molecular weight is 211 g/mol. The van der Waals surface area contributed by atoms with Gasteiger partial charge in [-0.1, -0.05) is 18.0 Å². The standard InChI is InChI=1S/C11H15ClN2/c1-14(8-9-3-2-4-9)10-5-6-13-11(12)7-10/h5-7,9H,2-4,8H2,1H3. The van der Waals surface area contributed by atoms with Crippen LogP contribution >= 0.6 is 11.6 Å². The maximum atomic E-state index is 5.84. The molecule has 0 unspecified atom stereocenters. The van der Waals surface area contributed by atoms with Gasteiger partial charge in [0.25, 0.3) is 0 Å². The summed E-state index contributed by atoms with van der Waals surface area (Å²) < 4.78 is 0. The van der Waals surface area contributed by atoms with Gasteiger partial charge in [-0.2, -0.15) is 0 Å². The van der Waals surface area contributed by atoms with Crippen molar-refractivity contribution >= 4 is 17.3 Å². The SMILES string of the molecule is CN(CC1CCC1)c1ccnc(Cl)c1. The fourth-order valence-electron chi connectivity index (χ4n) is 1.80. The molecule has 0 aromatic carbocycles. The zero-order valence-corrected chi connectivity index (χ0v) is 9.17. The number of hydrogen-bond acceptors (Lipinski definition) is 2. The van der Waals surface area contributed by atoms with Crippen molar-refractivity contribution in [3.8, 4) is 0 Å². The summed E-state index contributed by atoms with van der Waals surface area (Å²) in [6.07, 6.45) is 5.91. The molecule has 0 amide bonds. The lowest BCUT2D eigenvalue weighted by atomic mass is 9.85. The van der Waals surface area contributed by atoms with Crippen molar-refractivity contribution in [2.75, 3.05) is 18.5 Å². The number of halogens is 1. The highest BCUT2D eigenvalue weighted by atomic mass is 35.5. The summed E-state index contributed by atoms with van der Waals surface area (Å²) in [5.41, 5.74) is 1.16. The Balaban J connectivity index is 1.98. The average Bonchev–Trinajstić information content (AvgIpc) is 2.11. The molecule has 1 aromatic rings. The van der Waals surface area contributed by atoms with Crippen LogP contribution in [0.2, 0.25) is 5.15 Å². The molecule has 0 saturated heterocycles. The fraction of sp³-hybridized carbons (Fsp3) is 0.545. The summed E-state index contributed by atoms with van der Waals surface area (Å²) >= 11 is 5.84. The summed E-state index contributed by atoms with van der Waals surface area (Å²) in [4.78, 5) is 6.24. The third-order valence-corrected chi connectivity index (χ3v) is 3.11. The maximum absolute atomic E-state index is 5.84. The zero-order chi connectivity index (χ0) is 9.97. The van der Waals surface area contributed by atoms with E-state index in [1.165, 1.54) is 19.3 Å². The van der Waals surface area contributed by atoms with Crippen molar-refractivity contribution in [3.63, 3.8) is 0 Å². The van der Waals surface area contributed by atoms with E-state index in [0.717, 1.165) is 18.2 Å². The number of anilines is 1. The number of aromatic nitrogens is 1. The molecule has 0 atom stereocenters. The first-order valence-corrected chi connectivity index (χ1v) is 5.46. The van der Waals surface area contributed by atoms with Crippen LogP contribution in [-0.2, 0) is 0 Å². The first kappa shape index (κ1) is 9.78. The predicted molar refractivity (Wildman–Crippen MR) is 59.9 cm³/mol. The van der Waals surface area contributed by atoms with Crippen LogP contribution in [-0.4, -0.2) is 18.6 Å². The van der Waals surface area contributed by atoms with E-state index in [4.69, 9.17) is 11.6 Å². The van der Waals surface area contributed by atoms with Gasteiger partial charge >= 0.3 is 0 Å². The minimum absolute atomic E-state index is 0.572. The predicted octanol–water partition coefficient (Wildman–Crippen LogP) is 2.97. The molecule has 1 aliphatic rings. The molecule has 3 heteroatoms. The van der Waals surface area contributed by atoms with Crippen LogP contribution in [0, 0.1) is 5.92 Å². The Labute approximate surface area is 89.9 Å². The Hall–Kier alpha value is -0.760. The van der Waals surface area contributed by atoms with Gasteiger partial charge in [0, 0.05) is 25.5 Å². The number of pyridine rings is 1. The molecule has 0 bridgehead atoms. The third kappa shape index (κ3) is 2.18. The summed E-state index contributed by atoms with van der Waals surface area (Å²) in [5, 5.41) is 0.572. The third-order valence-electron chi connectivity index (χ3n) is 2.91. The van der Waals surface area contributed by atoms with Crippen molar-refractivity contribution in [1.82, 2.24) is 4.98 Å². The first-order chi connectivity index (χ1) is 6.75. The smallest absolute Gasteiger partial charge is 0.131 e. The molecule has 0 aliphatic heterocycles. The van der Waals surface area contributed by atoms with Crippen LogP contribution in [0.25, 0.3) is 0 Å². The van der Waals surface area contributed by atoms with Crippen molar-refractivity contribution in [3.05, 3.63) is 23.5 Å². The molecular weight excluding hydrogens is 196 g/mol. The topological polar surface area (TPSA) is 16.1 Å². The van der Waals surface area contributed by atoms with Gasteiger partial charge in [0.2, 0.25) is 0 Å². The van der Waals surface area contributed by atoms with Crippen LogP contribution in [0.1, 0.15) is 19.3 Å². The van der Waals surface area contributed by atoms with Gasteiger partial charge in [-0.05, 0) is 30.9 Å². The monoisotopic (exact) mass is 210 g/mol. The number of nitrogens with zero attached hydrogens (tertiary/aromatic N) is 2. The van der Waals surface area contributed by atoms with E-state index in [1.807, 2.05) is 12.1 Å². The van der Waals surface area contributed by atoms with E-state index in [1.54, 1.807) is 6.20 Å². The van der Waals surface area contributed by atoms with Gasteiger partial charge in [0.15, 0.2) is 0 Å². The molecular formula is C11H15ClN2. The summed E-state index contributed by atoms with van der Waals surface area (Å²) in [6.45, 7) is 1.14. The van der Waals surface area contributed by atoms with Crippen LogP contribution in [0.4, 0.5) is 5.69 Å². The molecule has 2 rings (SSSR count). The lowest BCUT2D eigenvalue weighted by molar-refractivity contribution is 0.321. The lowest BCUT2D eigenvalue weighted by Crippen LogP contribution is -2.29. The van der Waals surface area contributed by atoms with E-state index < -0.39 is 0 Å². The van der Waals surface area contributed by atoms with Crippen molar-refractivity contribution in [1.29, 1.82) is 0 Å². The van der Waals surface area contributed by atoms with Gasteiger partial charge in [-0.25, -0.2) is 4.98 Å². The summed E-state index contributed by atoms with van der Waals surface area (Å²) in [6, 6.07) is 3.92. The van der Waals surface area contributed by atoms with E-state index in [0.29, 0.717) is 5.15 Å². The highest BCUT2D eigenvalue weighted by molar-refractivity contribution is 6.29. The second-order valence-electron chi connectivity index (χ2n) is 4.01. The van der Waals surface area contributed by atoms with Gasteiger partial charge in [0.05, 0.1) is 0 Å². The van der Waals surface area contributed by atoms with Gasteiger partial charge in [0.1, 0.15) is 5.15 Å². The normalized spacial score (nSPS) is 16.4. The highest BCUT2D eigenvalue weighted by Gasteiger charge is 2.19. The van der Waals surface area contributed by atoms with Crippen LogP contribution < -0.4 is 4.90 Å². The second kappa shape index (κ2) is 4.18. The minimum atomic E-state index is 0.572. The molecule has 14 heavy (non-hydrogen) atoms.